The van der Waals surface area contributed by atoms with Crippen LogP contribution in [0.3, 0.4) is 0 Å². The molecular weight excluding hydrogens is 256 g/mol. The molecule has 2 aromatic heterocycles. The predicted molar refractivity (Wildman–Crippen MR) is 78.7 cm³/mol. The van der Waals surface area contributed by atoms with Gasteiger partial charge in [0.25, 0.3) is 0 Å². The van der Waals surface area contributed by atoms with Gasteiger partial charge >= 0.3 is 0 Å². The van der Waals surface area contributed by atoms with Crippen LogP contribution in [0.25, 0.3) is 0 Å². The maximum Gasteiger partial charge on any atom is 0.109 e. The third-order valence-electron chi connectivity index (χ3n) is 2.95. The molecule has 102 valence electrons. The van der Waals surface area contributed by atoms with Gasteiger partial charge < -0.3 is 5.73 Å². The Labute approximate surface area is 118 Å². The van der Waals surface area contributed by atoms with Crippen LogP contribution in [0.2, 0.25) is 0 Å². The van der Waals surface area contributed by atoms with Crippen LogP contribution in [0.4, 0.5) is 0 Å². The lowest BCUT2D eigenvalue weighted by molar-refractivity contribution is 0.268. The highest BCUT2D eigenvalue weighted by Gasteiger charge is 2.10. The van der Waals surface area contributed by atoms with Gasteiger partial charge in [0.2, 0.25) is 0 Å². The monoisotopic (exact) mass is 276 g/mol. The van der Waals surface area contributed by atoms with Gasteiger partial charge in [0.15, 0.2) is 0 Å². The molecule has 0 aromatic carbocycles. The Morgan fingerprint density at radius 3 is 2.63 bits per heavy atom. The largest absolute Gasteiger partial charge is 0.322 e. The van der Waals surface area contributed by atoms with Gasteiger partial charge in [0.1, 0.15) is 5.01 Å². The lowest BCUT2D eigenvalue weighted by atomic mass is 10.2. The molecular formula is C14H20N4S. The van der Waals surface area contributed by atoms with Crippen molar-refractivity contribution < 1.29 is 0 Å². The Bertz CT molecular complexity index is 495. The van der Waals surface area contributed by atoms with Crippen molar-refractivity contribution in [2.75, 3.05) is 6.54 Å². The van der Waals surface area contributed by atoms with Gasteiger partial charge in [0, 0.05) is 30.9 Å². The summed E-state index contributed by atoms with van der Waals surface area (Å²) in [6.45, 7) is 6.91. The Morgan fingerprint density at radius 1 is 1.32 bits per heavy atom. The summed E-state index contributed by atoms with van der Waals surface area (Å²) < 4.78 is 0. The lowest BCUT2D eigenvalue weighted by Gasteiger charge is -2.19. The molecule has 5 heteroatoms. The molecule has 4 nitrogen and oxygen atoms in total. The van der Waals surface area contributed by atoms with Gasteiger partial charge in [-0.1, -0.05) is 6.92 Å². The molecule has 19 heavy (non-hydrogen) atoms. The van der Waals surface area contributed by atoms with Crippen molar-refractivity contribution in [1.29, 1.82) is 0 Å². The van der Waals surface area contributed by atoms with E-state index in [-0.39, 0.29) is 6.04 Å². The molecule has 0 saturated heterocycles. The number of pyridine rings is 1. The smallest absolute Gasteiger partial charge is 0.109 e. The summed E-state index contributed by atoms with van der Waals surface area (Å²) in [5.41, 5.74) is 8.22. The van der Waals surface area contributed by atoms with Crippen molar-refractivity contribution in [1.82, 2.24) is 14.9 Å². The van der Waals surface area contributed by atoms with E-state index in [1.54, 1.807) is 11.3 Å². The summed E-state index contributed by atoms with van der Waals surface area (Å²) in [5, 5.41) is 3.11. The second kappa shape index (κ2) is 6.75. The average molecular weight is 276 g/mol. The fourth-order valence-electron chi connectivity index (χ4n) is 1.86. The predicted octanol–water partition coefficient (Wildman–Crippen LogP) is 2.58. The summed E-state index contributed by atoms with van der Waals surface area (Å²) in [4.78, 5) is 11.0. The minimum atomic E-state index is 0.0222. The van der Waals surface area contributed by atoms with Crippen molar-refractivity contribution in [2.45, 2.75) is 33.0 Å². The first-order chi connectivity index (χ1) is 9.19. The molecule has 2 aromatic rings. The zero-order valence-corrected chi connectivity index (χ0v) is 12.2. The Balaban J connectivity index is 1.98. The normalized spacial score (nSPS) is 12.8. The second-order valence-electron chi connectivity index (χ2n) is 4.62. The van der Waals surface area contributed by atoms with Crippen LogP contribution < -0.4 is 5.73 Å². The summed E-state index contributed by atoms with van der Waals surface area (Å²) in [7, 11) is 0. The van der Waals surface area contributed by atoms with E-state index in [1.807, 2.05) is 19.3 Å². The summed E-state index contributed by atoms with van der Waals surface area (Å²) in [6.07, 6.45) is 3.67. The van der Waals surface area contributed by atoms with E-state index in [0.717, 1.165) is 30.3 Å². The standard InChI is InChI=1S/C14H20N4S/c1-3-18(8-12-4-6-16-7-5-12)9-13-10-19-14(17-13)11(2)15/h4-7,10-11H,3,8-9,15H2,1-2H3. The number of rotatable bonds is 6. The minimum absolute atomic E-state index is 0.0222. The van der Waals surface area contributed by atoms with Crippen LogP contribution in [0, 0.1) is 0 Å². The molecule has 0 bridgehead atoms. The third-order valence-corrected chi connectivity index (χ3v) is 4.04. The highest BCUT2D eigenvalue weighted by molar-refractivity contribution is 7.09. The second-order valence-corrected chi connectivity index (χ2v) is 5.51. The highest BCUT2D eigenvalue weighted by Crippen LogP contribution is 2.17. The van der Waals surface area contributed by atoms with E-state index in [9.17, 15) is 0 Å². The molecule has 0 spiro atoms. The van der Waals surface area contributed by atoms with Gasteiger partial charge in [-0.15, -0.1) is 11.3 Å². The molecule has 0 aliphatic heterocycles. The van der Waals surface area contributed by atoms with Crippen LogP contribution >= 0.6 is 11.3 Å². The van der Waals surface area contributed by atoms with Crippen molar-refractivity contribution in [2.24, 2.45) is 5.73 Å². The van der Waals surface area contributed by atoms with E-state index < -0.39 is 0 Å². The van der Waals surface area contributed by atoms with Gasteiger partial charge in [-0.25, -0.2) is 4.98 Å². The SMILES string of the molecule is CCN(Cc1ccncc1)Cc1csc(C(C)N)n1. The molecule has 0 amide bonds. The fraction of sp³-hybridized carbons (Fsp3) is 0.429. The van der Waals surface area contributed by atoms with E-state index in [0.29, 0.717) is 0 Å². The van der Waals surface area contributed by atoms with Gasteiger partial charge in [-0.3, -0.25) is 9.88 Å². The Hall–Kier alpha value is -1.30. The molecule has 1 unspecified atom stereocenters. The van der Waals surface area contributed by atoms with Gasteiger partial charge in [0.05, 0.1) is 11.7 Å². The van der Waals surface area contributed by atoms with E-state index in [4.69, 9.17) is 5.73 Å². The van der Waals surface area contributed by atoms with Crippen LogP contribution in [-0.4, -0.2) is 21.4 Å². The number of nitrogens with zero attached hydrogens (tertiary/aromatic N) is 3. The van der Waals surface area contributed by atoms with E-state index >= 15 is 0 Å². The Morgan fingerprint density at radius 2 is 2.05 bits per heavy atom. The fourth-order valence-corrected chi connectivity index (χ4v) is 2.63. The maximum atomic E-state index is 5.84. The van der Waals surface area contributed by atoms with Crippen LogP contribution in [-0.2, 0) is 13.1 Å². The van der Waals surface area contributed by atoms with Crippen LogP contribution in [0.1, 0.15) is 36.2 Å². The minimum Gasteiger partial charge on any atom is -0.322 e. The zero-order valence-electron chi connectivity index (χ0n) is 11.4. The van der Waals surface area contributed by atoms with Crippen LogP contribution in [0.5, 0.6) is 0 Å². The van der Waals surface area contributed by atoms with Gasteiger partial charge in [-0.2, -0.15) is 0 Å². The lowest BCUT2D eigenvalue weighted by Crippen LogP contribution is -2.22. The highest BCUT2D eigenvalue weighted by atomic mass is 32.1. The summed E-state index contributed by atoms with van der Waals surface area (Å²) >= 11 is 1.64. The van der Waals surface area contributed by atoms with Gasteiger partial charge in [-0.05, 0) is 31.2 Å². The summed E-state index contributed by atoms with van der Waals surface area (Å²) in [6, 6.07) is 4.13. The molecule has 1 atom stereocenters. The number of hydrogen-bond acceptors (Lipinski definition) is 5. The maximum absolute atomic E-state index is 5.84. The van der Waals surface area contributed by atoms with E-state index in [1.165, 1.54) is 5.56 Å². The van der Waals surface area contributed by atoms with Crippen molar-refractivity contribution >= 4 is 11.3 Å². The average Bonchev–Trinajstić information content (AvgIpc) is 2.88. The third kappa shape index (κ3) is 4.09. The number of aromatic nitrogens is 2. The Kier molecular flexibility index (Phi) is 5.01. The van der Waals surface area contributed by atoms with Crippen molar-refractivity contribution in [3.05, 3.63) is 46.2 Å². The molecule has 2 rings (SSSR count). The van der Waals surface area contributed by atoms with Crippen molar-refractivity contribution in [3.63, 3.8) is 0 Å². The molecule has 2 N–H and O–H groups in total. The molecule has 0 saturated carbocycles. The summed E-state index contributed by atoms with van der Waals surface area (Å²) in [5.74, 6) is 0. The number of nitrogens with two attached hydrogens (primary N) is 1. The first-order valence-corrected chi connectivity index (χ1v) is 7.38. The first-order valence-electron chi connectivity index (χ1n) is 6.50. The topological polar surface area (TPSA) is 55.0 Å². The van der Waals surface area contributed by atoms with Crippen molar-refractivity contribution in [3.8, 4) is 0 Å². The molecule has 0 fully saturated rings. The molecule has 2 heterocycles. The quantitative estimate of drug-likeness (QED) is 0.881. The number of hydrogen-bond donors (Lipinski definition) is 1. The first kappa shape index (κ1) is 14.1. The molecule has 0 aliphatic rings. The van der Waals surface area contributed by atoms with E-state index in [2.05, 4.69) is 39.3 Å². The molecule has 0 aliphatic carbocycles. The number of thiazole rings is 1. The van der Waals surface area contributed by atoms with Crippen LogP contribution in [0.15, 0.2) is 29.9 Å². The zero-order chi connectivity index (χ0) is 13.7. The molecule has 0 radical (unpaired) electrons.